The molecule has 0 saturated carbocycles. The lowest BCUT2D eigenvalue weighted by molar-refractivity contribution is -0.143. The first kappa shape index (κ1) is 26.3. The van der Waals surface area contributed by atoms with E-state index in [-0.39, 0.29) is 37.0 Å². The van der Waals surface area contributed by atoms with Crippen LogP contribution in [0.2, 0.25) is 0 Å². The van der Waals surface area contributed by atoms with Crippen LogP contribution >= 0.6 is 0 Å². The molecular formula is C28H35NO6. The van der Waals surface area contributed by atoms with Crippen LogP contribution in [0.15, 0.2) is 36.4 Å². The van der Waals surface area contributed by atoms with Gasteiger partial charge in [-0.3, -0.25) is 14.5 Å². The van der Waals surface area contributed by atoms with Crippen molar-refractivity contribution in [2.75, 3.05) is 12.0 Å². The van der Waals surface area contributed by atoms with E-state index in [1.54, 1.807) is 31.4 Å². The molecule has 3 rings (SSSR count). The van der Waals surface area contributed by atoms with E-state index in [4.69, 9.17) is 4.74 Å². The summed E-state index contributed by atoms with van der Waals surface area (Å²) in [4.78, 5) is 39.5. The van der Waals surface area contributed by atoms with Gasteiger partial charge in [-0.15, -0.1) is 0 Å². The van der Waals surface area contributed by atoms with E-state index in [1.165, 1.54) is 4.90 Å². The summed E-state index contributed by atoms with van der Waals surface area (Å²) in [6.45, 7) is 10.0. The highest BCUT2D eigenvalue weighted by Crippen LogP contribution is 2.45. The lowest BCUT2D eigenvalue weighted by Crippen LogP contribution is -2.56. The summed E-state index contributed by atoms with van der Waals surface area (Å²) >= 11 is 0. The summed E-state index contributed by atoms with van der Waals surface area (Å²) in [5, 5.41) is 19.7. The third-order valence-corrected chi connectivity index (χ3v) is 6.60. The zero-order chi connectivity index (χ0) is 26.1. The van der Waals surface area contributed by atoms with Crippen molar-refractivity contribution in [1.29, 1.82) is 0 Å². The number of benzene rings is 2. The molecule has 0 saturated heterocycles. The Morgan fingerprint density at radius 1 is 1.11 bits per heavy atom. The molecule has 1 aliphatic rings. The highest BCUT2D eigenvalue weighted by atomic mass is 16.5. The SMILES string of the molecule is COc1cc(C(=O)N2c3cccc(CCC(=O)O)c3CC2(CC(C)C)C(=O)O)ccc1C(C)(C)C. The maximum Gasteiger partial charge on any atom is 0.330 e. The number of hydrogen-bond acceptors (Lipinski definition) is 4. The third-order valence-electron chi connectivity index (χ3n) is 6.60. The Morgan fingerprint density at radius 3 is 2.34 bits per heavy atom. The van der Waals surface area contributed by atoms with Gasteiger partial charge in [0.1, 0.15) is 11.3 Å². The number of anilines is 1. The van der Waals surface area contributed by atoms with Gasteiger partial charge >= 0.3 is 11.9 Å². The maximum atomic E-state index is 14.0. The molecule has 1 amide bonds. The average molecular weight is 482 g/mol. The third kappa shape index (κ3) is 5.04. The Labute approximate surface area is 206 Å². The quantitative estimate of drug-likeness (QED) is 0.545. The first-order valence-electron chi connectivity index (χ1n) is 11.9. The number of nitrogens with zero attached hydrogens (tertiary/aromatic N) is 1. The molecule has 0 aromatic heterocycles. The molecule has 1 unspecified atom stereocenters. The highest BCUT2D eigenvalue weighted by molar-refractivity contribution is 6.13. The van der Waals surface area contributed by atoms with Crippen molar-refractivity contribution in [3.63, 3.8) is 0 Å². The second-order valence-electron chi connectivity index (χ2n) is 10.7. The average Bonchev–Trinajstić information content (AvgIpc) is 3.10. The van der Waals surface area contributed by atoms with Crippen LogP contribution < -0.4 is 9.64 Å². The van der Waals surface area contributed by atoms with E-state index in [0.717, 1.165) is 16.7 Å². The normalized spacial score (nSPS) is 17.4. The summed E-state index contributed by atoms with van der Waals surface area (Å²) in [6.07, 6.45) is 0.596. The molecule has 2 aromatic carbocycles. The number of carboxylic acid groups (broad SMARTS) is 2. The van der Waals surface area contributed by atoms with E-state index >= 15 is 0 Å². The Balaban J connectivity index is 2.18. The Morgan fingerprint density at radius 2 is 1.80 bits per heavy atom. The van der Waals surface area contributed by atoms with Gasteiger partial charge < -0.3 is 14.9 Å². The number of ether oxygens (including phenoxy) is 1. The molecule has 0 radical (unpaired) electrons. The van der Waals surface area contributed by atoms with Crippen LogP contribution in [-0.2, 0) is 27.8 Å². The minimum atomic E-state index is -1.47. The van der Waals surface area contributed by atoms with Gasteiger partial charge in [-0.05, 0) is 59.1 Å². The molecule has 1 aliphatic heterocycles. The van der Waals surface area contributed by atoms with Gasteiger partial charge in [-0.1, -0.05) is 52.8 Å². The van der Waals surface area contributed by atoms with Gasteiger partial charge in [-0.25, -0.2) is 4.79 Å². The van der Waals surface area contributed by atoms with Crippen LogP contribution in [0.5, 0.6) is 5.75 Å². The molecular weight excluding hydrogens is 446 g/mol. The molecule has 35 heavy (non-hydrogen) atoms. The molecule has 0 aliphatic carbocycles. The molecule has 0 fully saturated rings. The molecule has 0 bridgehead atoms. The van der Waals surface area contributed by atoms with Gasteiger partial charge in [0.15, 0.2) is 0 Å². The monoisotopic (exact) mass is 481 g/mol. The van der Waals surface area contributed by atoms with Crippen LogP contribution in [-0.4, -0.2) is 40.7 Å². The largest absolute Gasteiger partial charge is 0.496 e. The van der Waals surface area contributed by atoms with Gasteiger partial charge in [0, 0.05) is 24.1 Å². The number of hydrogen-bond donors (Lipinski definition) is 2. The van der Waals surface area contributed by atoms with Crippen LogP contribution in [0.3, 0.4) is 0 Å². The van der Waals surface area contributed by atoms with Crippen molar-refractivity contribution >= 4 is 23.5 Å². The van der Waals surface area contributed by atoms with Crippen molar-refractivity contribution in [2.24, 2.45) is 5.92 Å². The zero-order valence-electron chi connectivity index (χ0n) is 21.3. The molecule has 7 heteroatoms. The van der Waals surface area contributed by atoms with Crippen molar-refractivity contribution in [1.82, 2.24) is 0 Å². The summed E-state index contributed by atoms with van der Waals surface area (Å²) < 4.78 is 5.59. The molecule has 188 valence electrons. The number of carbonyl (C=O) groups is 3. The number of carbonyl (C=O) groups excluding carboxylic acids is 1. The smallest absolute Gasteiger partial charge is 0.330 e. The topological polar surface area (TPSA) is 104 Å². The number of fused-ring (bicyclic) bond motifs is 1. The fourth-order valence-electron chi connectivity index (χ4n) is 5.09. The van der Waals surface area contributed by atoms with E-state index in [2.05, 4.69) is 20.8 Å². The zero-order valence-corrected chi connectivity index (χ0v) is 21.3. The molecule has 7 nitrogen and oxygen atoms in total. The first-order chi connectivity index (χ1) is 16.3. The van der Waals surface area contributed by atoms with E-state index in [0.29, 0.717) is 17.0 Å². The van der Waals surface area contributed by atoms with Gasteiger partial charge in [0.05, 0.1) is 7.11 Å². The summed E-state index contributed by atoms with van der Waals surface area (Å²) in [5.41, 5.74) is 1.63. The van der Waals surface area contributed by atoms with Gasteiger partial charge in [0.25, 0.3) is 5.91 Å². The van der Waals surface area contributed by atoms with Crippen molar-refractivity contribution in [2.45, 2.75) is 71.3 Å². The number of methoxy groups -OCH3 is 1. The second-order valence-corrected chi connectivity index (χ2v) is 10.7. The van der Waals surface area contributed by atoms with Crippen LogP contribution in [0.25, 0.3) is 0 Å². The van der Waals surface area contributed by atoms with E-state index in [9.17, 15) is 24.6 Å². The number of carboxylic acids is 2. The second kappa shape index (κ2) is 9.72. The fourth-order valence-corrected chi connectivity index (χ4v) is 5.09. The predicted octanol–water partition coefficient (Wildman–Crippen LogP) is 5.08. The standard InChI is InChI=1S/C28H35NO6/c1-17(2)15-28(26(33)34)16-20-18(11-13-24(30)31)8-7-9-22(20)29(28)25(32)19-10-12-21(27(3,4)5)23(14-19)35-6/h7-10,12,14,17H,11,13,15-16H2,1-6H3,(H,30,31)(H,33,34). The fraction of sp³-hybridized carbons (Fsp3) is 0.464. The predicted molar refractivity (Wildman–Crippen MR) is 134 cm³/mol. The Bertz CT molecular complexity index is 1150. The minimum Gasteiger partial charge on any atom is -0.496 e. The number of amides is 1. The van der Waals surface area contributed by atoms with E-state index < -0.39 is 23.4 Å². The summed E-state index contributed by atoms with van der Waals surface area (Å²) in [7, 11) is 1.55. The van der Waals surface area contributed by atoms with Crippen LogP contribution in [0, 0.1) is 5.92 Å². The minimum absolute atomic E-state index is 0.0102. The van der Waals surface area contributed by atoms with Crippen LogP contribution in [0.1, 0.15) is 74.5 Å². The number of aliphatic carboxylic acids is 2. The lowest BCUT2D eigenvalue weighted by atomic mass is 9.83. The number of aryl methyl sites for hydroxylation is 1. The summed E-state index contributed by atoms with van der Waals surface area (Å²) in [5.74, 6) is -1.83. The Kier molecular flexibility index (Phi) is 7.29. The van der Waals surface area contributed by atoms with E-state index in [1.807, 2.05) is 26.0 Å². The molecule has 2 N–H and O–H groups in total. The van der Waals surface area contributed by atoms with Crippen molar-refractivity contribution in [3.05, 3.63) is 58.7 Å². The highest BCUT2D eigenvalue weighted by Gasteiger charge is 2.53. The molecule has 1 heterocycles. The first-order valence-corrected chi connectivity index (χ1v) is 11.9. The lowest BCUT2D eigenvalue weighted by Gasteiger charge is -2.36. The summed E-state index contributed by atoms with van der Waals surface area (Å²) in [6, 6.07) is 10.6. The maximum absolute atomic E-state index is 14.0. The van der Waals surface area contributed by atoms with Crippen LogP contribution in [0.4, 0.5) is 5.69 Å². The van der Waals surface area contributed by atoms with Crippen molar-refractivity contribution < 1.29 is 29.3 Å². The molecule has 1 atom stereocenters. The van der Waals surface area contributed by atoms with Gasteiger partial charge in [0.2, 0.25) is 0 Å². The molecule has 0 spiro atoms. The number of rotatable bonds is 8. The molecule has 2 aromatic rings. The Hall–Kier alpha value is -3.35. The van der Waals surface area contributed by atoms with Crippen molar-refractivity contribution in [3.8, 4) is 5.75 Å². The van der Waals surface area contributed by atoms with Gasteiger partial charge in [-0.2, -0.15) is 0 Å².